The fourth-order valence-electron chi connectivity index (χ4n) is 2.75. The van der Waals surface area contributed by atoms with Crippen molar-refractivity contribution in [3.8, 4) is 0 Å². The maximum atomic E-state index is 10.9. The SMILES string of the molecule is [O-][NH+](O)c1ccc(CCNC2=NC=C[CH]N2c2nc3ccccc3s2)cc1. The van der Waals surface area contributed by atoms with Crippen LogP contribution in [0.5, 0.6) is 0 Å². The number of rotatable bonds is 5. The number of guanidine groups is 1. The normalized spacial score (nSPS) is 15.0. The number of aliphatic imine (C=N–C) groups is 1. The third kappa shape index (κ3) is 3.99. The van der Waals surface area contributed by atoms with Crippen molar-refractivity contribution in [3.63, 3.8) is 0 Å². The number of benzene rings is 2. The largest absolute Gasteiger partial charge is 0.595 e. The Balaban J connectivity index is 1.42. The van der Waals surface area contributed by atoms with Gasteiger partial charge in [0.1, 0.15) is 0 Å². The molecular formula is C19H18N5O2S. The van der Waals surface area contributed by atoms with Crippen molar-refractivity contribution in [1.82, 2.24) is 10.3 Å². The van der Waals surface area contributed by atoms with Crippen LogP contribution in [0.15, 0.2) is 65.8 Å². The van der Waals surface area contributed by atoms with E-state index in [1.807, 2.05) is 47.9 Å². The lowest BCUT2D eigenvalue weighted by atomic mass is 10.1. The number of thiazole rings is 1. The summed E-state index contributed by atoms with van der Waals surface area (Å²) in [5.74, 6) is 0.721. The van der Waals surface area contributed by atoms with Crippen LogP contribution in [0.3, 0.4) is 0 Å². The average molecular weight is 380 g/mol. The van der Waals surface area contributed by atoms with Gasteiger partial charge in [0.05, 0.1) is 16.8 Å². The summed E-state index contributed by atoms with van der Waals surface area (Å²) < 4.78 is 1.13. The number of quaternary nitrogens is 1. The molecule has 8 heteroatoms. The predicted octanol–water partition coefficient (Wildman–Crippen LogP) is 2.38. The fraction of sp³-hybridized carbons (Fsp3) is 0.105. The van der Waals surface area contributed by atoms with Gasteiger partial charge in [0, 0.05) is 24.9 Å². The van der Waals surface area contributed by atoms with Gasteiger partial charge in [-0.25, -0.2) is 15.2 Å². The van der Waals surface area contributed by atoms with Gasteiger partial charge in [0.25, 0.3) is 0 Å². The number of hydrogen-bond donors (Lipinski definition) is 3. The van der Waals surface area contributed by atoms with Gasteiger partial charge >= 0.3 is 0 Å². The zero-order valence-corrected chi connectivity index (χ0v) is 15.2. The predicted molar refractivity (Wildman–Crippen MR) is 107 cm³/mol. The molecule has 0 saturated heterocycles. The smallest absolute Gasteiger partial charge is 0.205 e. The standard InChI is InChI=1S/C19H18N5O2S/c25-24(26)15-8-6-14(7-9-15)10-12-21-18-20-11-3-13-23(18)19-22-16-4-1-2-5-17(16)27-19/h1-9,11,13,24-25H,10,12H2,(H,20,21). The van der Waals surface area contributed by atoms with Crippen molar-refractivity contribution in [2.24, 2.45) is 4.99 Å². The molecule has 3 aromatic rings. The number of hydrogen-bond acceptors (Lipinski definition) is 7. The first-order valence-corrected chi connectivity index (χ1v) is 9.31. The summed E-state index contributed by atoms with van der Waals surface area (Å²) in [6.07, 6.45) is 4.38. The number of nitrogens with one attached hydrogen (secondary N) is 2. The highest BCUT2D eigenvalue weighted by Gasteiger charge is 2.18. The van der Waals surface area contributed by atoms with Gasteiger partial charge in [-0.15, -0.1) is 0 Å². The first kappa shape index (κ1) is 17.6. The molecule has 1 unspecified atom stereocenters. The van der Waals surface area contributed by atoms with Gasteiger partial charge in [-0.2, -0.15) is 5.23 Å². The van der Waals surface area contributed by atoms with Crippen LogP contribution in [0.1, 0.15) is 5.56 Å². The molecule has 4 rings (SSSR count). The maximum Gasteiger partial charge on any atom is 0.205 e. The zero-order chi connectivity index (χ0) is 18.6. The molecule has 1 aromatic heterocycles. The minimum absolute atomic E-state index is 0.296. The molecule has 137 valence electrons. The van der Waals surface area contributed by atoms with Gasteiger partial charge in [0.2, 0.25) is 5.96 Å². The van der Waals surface area contributed by atoms with Crippen LogP contribution in [-0.4, -0.2) is 22.7 Å². The van der Waals surface area contributed by atoms with E-state index in [0.29, 0.717) is 12.2 Å². The van der Waals surface area contributed by atoms with E-state index in [2.05, 4.69) is 21.4 Å². The summed E-state index contributed by atoms with van der Waals surface area (Å²) in [6, 6.07) is 15.0. The van der Waals surface area contributed by atoms with Gasteiger partial charge < -0.3 is 10.5 Å². The Morgan fingerprint density at radius 3 is 2.74 bits per heavy atom. The molecule has 1 aliphatic rings. The summed E-state index contributed by atoms with van der Waals surface area (Å²) in [5, 5.41) is 23.2. The second kappa shape index (κ2) is 7.85. The van der Waals surface area contributed by atoms with E-state index in [9.17, 15) is 5.21 Å². The Hall–Kier alpha value is -2.78. The van der Waals surface area contributed by atoms with Gasteiger partial charge in [-0.3, -0.25) is 4.90 Å². The Labute approximate surface area is 160 Å². The molecule has 1 aliphatic heterocycles. The van der Waals surface area contributed by atoms with Crippen LogP contribution in [0.2, 0.25) is 0 Å². The van der Waals surface area contributed by atoms with Crippen LogP contribution in [0, 0.1) is 11.8 Å². The highest BCUT2D eigenvalue weighted by molar-refractivity contribution is 7.22. The van der Waals surface area contributed by atoms with E-state index in [0.717, 1.165) is 33.3 Å². The monoisotopic (exact) mass is 380 g/mol. The van der Waals surface area contributed by atoms with E-state index >= 15 is 0 Å². The Morgan fingerprint density at radius 2 is 1.96 bits per heavy atom. The molecule has 0 spiro atoms. The van der Waals surface area contributed by atoms with Gasteiger partial charge in [-0.1, -0.05) is 35.6 Å². The Bertz CT molecular complexity index is 948. The van der Waals surface area contributed by atoms with Crippen molar-refractivity contribution in [2.45, 2.75) is 6.42 Å². The van der Waals surface area contributed by atoms with Crippen LogP contribution < -0.4 is 15.4 Å². The lowest BCUT2D eigenvalue weighted by molar-refractivity contribution is -0.991. The second-order valence-electron chi connectivity index (χ2n) is 5.96. The zero-order valence-electron chi connectivity index (χ0n) is 14.4. The average Bonchev–Trinajstić information content (AvgIpc) is 3.13. The second-order valence-corrected chi connectivity index (χ2v) is 6.97. The van der Waals surface area contributed by atoms with E-state index in [1.54, 1.807) is 29.7 Å². The lowest BCUT2D eigenvalue weighted by Gasteiger charge is -2.24. The molecule has 27 heavy (non-hydrogen) atoms. The molecule has 0 saturated carbocycles. The minimum Gasteiger partial charge on any atom is -0.595 e. The molecule has 0 bridgehead atoms. The summed E-state index contributed by atoms with van der Waals surface area (Å²) in [6.45, 7) is 2.61. The van der Waals surface area contributed by atoms with Gasteiger partial charge in [0.15, 0.2) is 10.8 Å². The topological polar surface area (TPSA) is 88.2 Å². The van der Waals surface area contributed by atoms with Crippen molar-refractivity contribution in [1.29, 1.82) is 0 Å². The quantitative estimate of drug-likeness (QED) is 0.592. The van der Waals surface area contributed by atoms with Gasteiger partial charge in [-0.05, 0) is 30.2 Å². The summed E-state index contributed by atoms with van der Waals surface area (Å²) in [5.41, 5.74) is 2.33. The first-order valence-electron chi connectivity index (χ1n) is 8.49. The number of fused-ring (bicyclic) bond motifs is 1. The van der Waals surface area contributed by atoms with E-state index in [1.165, 1.54) is 0 Å². The highest BCUT2D eigenvalue weighted by atomic mass is 32.1. The van der Waals surface area contributed by atoms with E-state index in [-0.39, 0.29) is 0 Å². The van der Waals surface area contributed by atoms with Crippen LogP contribution >= 0.6 is 11.3 Å². The maximum absolute atomic E-state index is 10.9. The highest BCUT2D eigenvalue weighted by Crippen LogP contribution is 2.30. The van der Waals surface area contributed by atoms with E-state index in [4.69, 9.17) is 5.21 Å². The Morgan fingerprint density at radius 1 is 1.15 bits per heavy atom. The van der Waals surface area contributed by atoms with Crippen molar-refractivity contribution in [2.75, 3.05) is 11.4 Å². The molecule has 0 amide bonds. The number of aromatic nitrogens is 1. The molecule has 7 nitrogen and oxygen atoms in total. The van der Waals surface area contributed by atoms with Crippen LogP contribution in [-0.2, 0) is 6.42 Å². The van der Waals surface area contributed by atoms with Crippen molar-refractivity contribution in [3.05, 3.63) is 78.1 Å². The van der Waals surface area contributed by atoms with Crippen molar-refractivity contribution < 1.29 is 10.4 Å². The number of anilines is 1. The van der Waals surface area contributed by atoms with E-state index < -0.39 is 5.23 Å². The molecule has 1 radical (unpaired) electrons. The summed E-state index contributed by atoms with van der Waals surface area (Å²) >= 11 is 1.61. The number of nitrogens with zero attached hydrogens (tertiary/aromatic N) is 3. The third-order valence-corrected chi connectivity index (χ3v) is 5.17. The molecular weight excluding hydrogens is 362 g/mol. The molecule has 0 fully saturated rings. The summed E-state index contributed by atoms with van der Waals surface area (Å²) in [4.78, 5) is 11.1. The van der Waals surface area contributed by atoms with Crippen LogP contribution in [0.25, 0.3) is 10.2 Å². The molecule has 3 N–H and O–H groups in total. The Kier molecular flexibility index (Phi) is 5.12. The molecule has 0 aliphatic carbocycles. The molecule has 2 aromatic carbocycles. The molecule has 1 atom stereocenters. The summed E-state index contributed by atoms with van der Waals surface area (Å²) in [7, 11) is 0. The first-order chi connectivity index (χ1) is 13.2. The minimum atomic E-state index is -0.912. The number of para-hydroxylation sites is 1. The third-order valence-electron chi connectivity index (χ3n) is 4.13. The fourth-order valence-corrected chi connectivity index (χ4v) is 3.70. The molecule has 2 heterocycles. The lowest BCUT2D eigenvalue weighted by Crippen LogP contribution is -2.99. The van der Waals surface area contributed by atoms with Crippen molar-refractivity contribution >= 4 is 38.3 Å². The van der Waals surface area contributed by atoms with Crippen LogP contribution in [0.4, 0.5) is 10.8 Å².